The fourth-order valence-corrected chi connectivity index (χ4v) is 6.90. The summed E-state index contributed by atoms with van der Waals surface area (Å²) >= 11 is 0. The predicted octanol–water partition coefficient (Wildman–Crippen LogP) is 12.2. The summed E-state index contributed by atoms with van der Waals surface area (Å²) in [6.45, 7) is 0. The smallest absolute Gasteiger partial charge is 0.0547 e. The van der Waals surface area contributed by atoms with Gasteiger partial charge < -0.3 is 9.47 Å². The first-order valence-electron chi connectivity index (χ1n) is 15.8. The largest absolute Gasteiger partial charge is 0.310 e. The number of rotatable bonds is 5. The van der Waals surface area contributed by atoms with E-state index in [4.69, 9.17) is 0 Å². The molecule has 0 spiro atoms. The molecule has 216 valence electrons. The maximum atomic E-state index is 2.40. The van der Waals surface area contributed by atoms with Crippen LogP contribution < -0.4 is 4.90 Å². The van der Waals surface area contributed by atoms with E-state index >= 15 is 0 Å². The zero-order chi connectivity index (χ0) is 30.5. The van der Waals surface area contributed by atoms with Gasteiger partial charge in [-0.3, -0.25) is 0 Å². The van der Waals surface area contributed by atoms with Crippen molar-refractivity contribution in [2.75, 3.05) is 4.90 Å². The highest BCUT2D eigenvalue weighted by Crippen LogP contribution is 2.39. The molecule has 0 saturated carbocycles. The molecule has 9 aromatic rings. The highest BCUT2D eigenvalue weighted by Gasteiger charge is 2.17. The number of benzene rings is 8. The van der Waals surface area contributed by atoms with Crippen molar-refractivity contribution < 1.29 is 0 Å². The van der Waals surface area contributed by atoms with E-state index in [-0.39, 0.29) is 0 Å². The zero-order valence-electron chi connectivity index (χ0n) is 25.2. The van der Waals surface area contributed by atoms with Crippen LogP contribution in [0.2, 0.25) is 0 Å². The number of anilines is 3. The van der Waals surface area contributed by atoms with Crippen molar-refractivity contribution >= 4 is 60.4 Å². The first-order chi connectivity index (χ1) is 22.8. The van der Waals surface area contributed by atoms with Crippen LogP contribution in [-0.4, -0.2) is 4.57 Å². The predicted molar refractivity (Wildman–Crippen MR) is 196 cm³/mol. The van der Waals surface area contributed by atoms with Gasteiger partial charge in [-0.05, 0) is 99.4 Å². The van der Waals surface area contributed by atoms with Crippen LogP contribution >= 0.6 is 0 Å². The van der Waals surface area contributed by atoms with Gasteiger partial charge in [0, 0.05) is 33.5 Å². The average molecular weight is 587 g/mol. The molecule has 2 nitrogen and oxygen atoms in total. The standard InChI is InChI=1S/C44H30N2/c1-2-11-31(12-3-1)34-17-10-18-39(27-34)45(40-22-21-32-13-4-5-14-33(32)28-40)37-23-25-38(26-24-37)46-43-20-9-8-19-41(43)42-29-35-15-6-7-16-36(35)30-44(42)46/h1-30H. The molecule has 0 aliphatic heterocycles. The molecule has 0 bridgehead atoms. The van der Waals surface area contributed by atoms with E-state index in [0.717, 1.165) is 22.7 Å². The van der Waals surface area contributed by atoms with E-state index in [2.05, 4.69) is 191 Å². The summed E-state index contributed by atoms with van der Waals surface area (Å²) in [7, 11) is 0. The third-order valence-electron chi connectivity index (χ3n) is 9.11. The second kappa shape index (κ2) is 10.8. The molecule has 0 atom stereocenters. The Balaban J connectivity index is 1.21. The second-order valence-corrected chi connectivity index (χ2v) is 11.9. The maximum absolute atomic E-state index is 2.40. The number of nitrogens with zero attached hydrogens (tertiary/aromatic N) is 2. The molecular formula is C44H30N2. The molecule has 0 aliphatic rings. The molecule has 1 aromatic heterocycles. The number of hydrogen-bond donors (Lipinski definition) is 0. The van der Waals surface area contributed by atoms with Crippen LogP contribution in [0.25, 0.3) is 60.2 Å². The molecule has 0 aliphatic carbocycles. The molecule has 0 unspecified atom stereocenters. The monoisotopic (exact) mass is 586 g/mol. The van der Waals surface area contributed by atoms with Crippen molar-refractivity contribution in [3.63, 3.8) is 0 Å². The third kappa shape index (κ3) is 4.43. The minimum atomic E-state index is 1.11. The Morgan fingerprint density at radius 1 is 0.326 bits per heavy atom. The van der Waals surface area contributed by atoms with Gasteiger partial charge in [-0.2, -0.15) is 0 Å². The van der Waals surface area contributed by atoms with Gasteiger partial charge in [0.1, 0.15) is 0 Å². The number of fused-ring (bicyclic) bond motifs is 5. The molecule has 9 rings (SSSR count). The molecule has 0 radical (unpaired) electrons. The highest BCUT2D eigenvalue weighted by molar-refractivity contribution is 6.13. The lowest BCUT2D eigenvalue weighted by molar-refractivity contribution is 1.17. The third-order valence-corrected chi connectivity index (χ3v) is 9.11. The summed E-state index contributed by atoms with van der Waals surface area (Å²) in [5.41, 5.74) is 9.32. The summed E-state index contributed by atoms with van der Waals surface area (Å²) in [5.74, 6) is 0. The van der Waals surface area contributed by atoms with Crippen molar-refractivity contribution in [3.05, 3.63) is 182 Å². The first-order valence-corrected chi connectivity index (χ1v) is 15.8. The molecule has 0 saturated heterocycles. The van der Waals surface area contributed by atoms with Crippen molar-refractivity contribution in [3.8, 4) is 16.8 Å². The van der Waals surface area contributed by atoms with Gasteiger partial charge in [0.05, 0.1) is 11.0 Å². The van der Waals surface area contributed by atoms with Crippen molar-refractivity contribution in [1.29, 1.82) is 0 Å². The molecule has 0 fully saturated rings. The van der Waals surface area contributed by atoms with Gasteiger partial charge in [-0.1, -0.05) is 115 Å². The van der Waals surface area contributed by atoms with E-state index in [1.165, 1.54) is 54.5 Å². The lowest BCUT2D eigenvalue weighted by Gasteiger charge is -2.26. The zero-order valence-corrected chi connectivity index (χ0v) is 25.2. The van der Waals surface area contributed by atoms with E-state index in [1.807, 2.05) is 0 Å². The first kappa shape index (κ1) is 26.3. The van der Waals surface area contributed by atoms with Gasteiger partial charge in [0.2, 0.25) is 0 Å². The van der Waals surface area contributed by atoms with E-state index in [0.29, 0.717) is 0 Å². The minimum Gasteiger partial charge on any atom is -0.310 e. The van der Waals surface area contributed by atoms with Crippen molar-refractivity contribution in [1.82, 2.24) is 4.57 Å². The van der Waals surface area contributed by atoms with Gasteiger partial charge in [0.25, 0.3) is 0 Å². The Kier molecular flexibility index (Phi) is 6.17. The van der Waals surface area contributed by atoms with Gasteiger partial charge in [0.15, 0.2) is 0 Å². The lowest BCUT2D eigenvalue weighted by Crippen LogP contribution is -2.10. The molecular weight excluding hydrogens is 556 g/mol. The van der Waals surface area contributed by atoms with Crippen LogP contribution in [0, 0.1) is 0 Å². The quantitative estimate of drug-likeness (QED) is 0.195. The Labute approximate surface area is 268 Å². The maximum Gasteiger partial charge on any atom is 0.0547 e. The average Bonchev–Trinajstić information content (AvgIpc) is 3.44. The number of hydrogen-bond acceptors (Lipinski definition) is 1. The van der Waals surface area contributed by atoms with E-state index < -0.39 is 0 Å². The minimum absolute atomic E-state index is 1.11. The van der Waals surface area contributed by atoms with Gasteiger partial charge in [-0.15, -0.1) is 0 Å². The van der Waals surface area contributed by atoms with Crippen LogP contribution in [-0.2, 0) is 0 Å². The summed E-state index contributed by atoms with van der Waals surface area (Å²) in [6.07, 6.45) is 0. The molecule has 46 heavy (non-hydrogen) atoms. The van der Waals surface area contributed by atoms with Crippen molar-refractivity contribution in [2.24, 2.45) is 0 Å². The topological polar surface area (TPSA) is 8.17 Å². The van der Waals surface area contributed by atoms with Gasteiger partial charge >= 0.3 is 0 Å². The molecule has 0 amide bonds. The number of aromatic nitrogens is 1. The van der Waals surface area contributed by atoms with Crippen LogP contribution in [0.3, 0.4) is 0 Å². The normalized spacial score (nSPS) is 11.5. The van der Waals surface area contributed by atoms with Crippen LogP contribution in [0.5, 0.6) is 0 Å². The fraction of sp³-hybridized carbons (Fsp3) is 0. The Morgan fingerprint density at radius 2 is 0.935 bits per heavy atom. The molecule has 1 heterocycles. The Morgan fingerprint density at radius 3 is 1.74 bits per heavy atom. The number of para-hydroxylation sites is 1. The molecule has 2 heteroatoms. The summed E-state index contributed by atoms with van der Waals surface area (Å²) in [6, 6.07) is 65.8. The van der Waals surface area contributed by atoms with Crippen LogP contribution in [0.1, 0.15) is 0 Å². The van der Waals surface area contributed by atoms with Crippen LogP contribution in [0.4, 0.5) is 17.1 Å². The Hall–Kier alpha value is -6.12. The summed E-state index contributed by atoms with van der Waals surface area (Å²) < 4.78 is 2.40. The molecule has 8 aromatic carbocycles. The fourth-order valence-electron chi connectivity index (χ4n) is 6.90. The summed E-state index contributed by atoms with van der Waals surface area (Å²) in [4.78, 5) is 2.36. The van der Waals surface area contributed by atoms with Crippen molar-refractivity contribution in [2.45, 2.75) is 0 Å². The van der Waals surface area contributed by atoms with E-state index in [1.54, 1.807) is 0 Å². The summed E-state index contributed by atoms with van der Waals surface area (Å²) in [5, 5.41) is 7.50. The van der Waals surface area contributed by atoms with Crippen LogP contribution in [0.15, 0.2) is 182 Å². The van der Waals surface area contributed by atoms with Gasteiger partial charge in [-0.25, -0.2) is 0 Å². The SMILES string of the molecule is c1ccc(-c2cccc(N(c3ccc(-n4c5ccccc5c5cc6ccccc6cc54)cc3)c3ccc4ccccc4c3)c2)cc1. The highest BCUT2D eigenvalue weighted by atomic mass is 15.1. The second-order valence-electron chi connectivity index (χ2n) is 11.9. The Bertz CT molecular complexity index is 2520. The lowest BCUT2D eigenvalue weighted by atomic mass is 10.0. The van der Waals surface area contributed by atoms with E-state index in [9.17, 15) is 0 Å². The molecule has 0 N–H and O–H groups in total.